The summed E-state index contributed by atoms with van der Waals surface area (Å²) in [6.07, 6.45) is 11.5. The molecule has 0 aliphatic heterocycles. The third kappa shape index (κ3) is 17.0. The molecule has 0 aliphatic rings. The van der Waals surface area contributed by atoms with Crippen LogP contribution in [0.25, 0.3) is 0 Å². The van der Waals surface area contributed by atoms with Crippen molar-refractivity contribution in [3.63, 3.8) is 0 Å². The maximum atomic E-state index is 11.5. The molecule has 0 amide bonds. The fraction of sp³-hybridized carbons (Fsp3) is 1.00. The van der Waals surface area contributed by atoms with Crippen LogP contribution in [0.2, 0.25) is 0 Å². The zero-order chi connectivity index (χ0) is 19.0. The Hall–Kier alpha value is -0.220. The monoisotopic (exact) mass is 402 g/mol. The van der Waals surface area contributed by atoms with Crippen molar-refractivity contribution < 1.29 is 28.8 Å². The van der Waals surface area contributed by atoms with Gasteiger partial charge in [-0.25, -0.2) is 8.37 Å². The number of rotatable bonds is 18. The summed E-state index contributed by atoms with van der Waals surface area (Å²) in [7, 11) is -9.21. The molecule has 0 unspecified atom stereocenters. The van der Waals surface area contributed by atoms with Crippen molar-refractivity contribution in [3.8, 4) is 0 Å². The Bertz CT molecular complexity index is 455. The molecule has 0 rings (SSSR count). The van der Waals surface area contributed by atoms with Crippen LogP contribution in [0.3, 0.4) is 0 Å². The quantitative estimate of drug-likeness (QED) is 0.316. The molecule has 152 valence electrons. The largest absolute Gasteiger partial charge is 0.416 e. The highest BCUT2D eigenvalue weighted by molar-refractivity contribution is 7.95. The third-order valence-corrected chi connectivity index (χ3v) is 5.86. The topological polar surface area (TPSA) is 96.0 Å². The summed E-state index contributed by atoms with van der Waals surface area (Å²) in [5, 5.41) is 0. The highest BCUT2D eigenvalue weighted by atomic mass is 32.3. The number of hydrogen-bond donors (Lipinski definition) is 0. The van der Waals surface area contributed by atoms with E-state index in [-0.39, 0.29) is 13.2 Å². The van der Waals surface area contributed by atoms with Crippen LogP contribution in [0.5, 0.6) is 0 Å². The lowest BCUT2D eigenvalue weighted by Gasteiger charge is -2.07. The van der Waals surface area contributed by atoms with E-state index in [1.165, 1.54) is 0 Å². The zero-order valence-corrected chi connectivity index (χ0v) is 17.2. The molecule has 7 nitrogen and oxygen atoms in total. The van der Waals surface area contributed by atoms with Crippen LogP contribution in [0.1, 0.15) is 90.9 Å². The van der Waals surface area contributed by atoms with Crippen LogP contribution in [-0.4, -0.2) is 30.0 Å². The summed E-state index contributed by atoms with van der Waals surface area (Å²) >= 11 is 0. The highest BCUT2D eigenvalue weighted by Gasteiger charge is 2.24. The molecule has 0 saturated heterocycles. The van der Waals surface area contributed by atoms with Crippen molar-refractivity contribution in [2.75, 3.05) is 13.2 Å². The molecule has 0 aromatic heterocycles. The van der Waals surface area contributed by atoms with Crippen molar-refractivity contribution in [2.45, 2.75) is 90.9 Å². The molecule has 0 atom stereocenters. The third-order valence-electron chi connectivity index (χ3n) is 3.62. The average Bonchev–Trinajstić information content (AvgIpc) is 2.52. The SMILES string of the molecule is CCCCCCCCOS(=O)(=O)OS(=O)(=O)OCCCCCCCC. The van der Waals surface area contributed by atoms with Gasteiger partial charge in [-0.15, -0.1) is 3.63 Å². The van der Waals surface area contributed by atoms with Gasteiger partial charge in [0.15, 0.2) is 0 Å². The van der Waals surface area contributed by atoms with E-state index in [0.29, 0.717) is 12.8 Å². The Morgan fingerprint density at radius 2 is 0.840 bits per heavy atom. The summed E-state index contributed by atoms with van der Waals surface area (Å²) < 4.78 is 59.0. The van der Waals surface area contributed by atoms with E-state index < -0.39 is 20.8 Å². The number of unbranched alkanes of at least 4 members (excludes halogenated alkanes) is 10. The lowest BCUT2D eigenvalue weighted by molar-refractivity contribution is 0.232. The molecule has 0 fully saturated rings. The zero-order valence-electron chi connectivity index (χ0n) is 15.6. The van der Waals surface area contributed by atoms with Gasteiger partial charge in [-0.2, -0.15) is 16.8 Å². The predicted octanol–water partition coefficient (Wildman–Crippen LogP) is 4.25. The fourth-order valence-corrected chi connectivity index (χ4v) is 4.00. The lowest BCUT2D eigenvalue weighted by atomic mass is 10.1. The Kier molecular flexibility index (Phi) is 14.8. The normalized spacial score (nSPS) is 12.6. The van der Waals surface area contributed by atoms with Gasteiger partial charge in [0.25, 0.3) is 0 Å². The molecule has 0 heterocycles. The van der Waals surface area contributed by atoms with Crippen molar-refractivity contribution in [3.05, 3.63) is 0 Å². The highest BCUT2D eigenvalue weighted by Crippen LogP contribution is 2.10. The van der Waals surface area contributed by atoms with Gasteiger partial charge in [0.05, 0.1) is 13.2 Å². The molecule has 25 heavy (non-hydrogen) atoms. The molecule has 0 aromatic carbocycles. The fourth-order valence-electron chi connectivity index (χ4n) is 2.23. The van der Waals surface area contributed by atoms with Gasteiger partial charge in [-0.3, -0.25) is 0 Å². The summed E-state index contributed by atoms with van der Waals surface area (Å²) in [5.41, 5.74) is 0. The summed E-state index contributed by atoms with van der Waals surface area (Å²) in [6.45, 7) is 4.03. The first-order valence-corrected chi connectivity index (χ1v) is 12.0. The first-order valence-electron chi connectivity index (χ1n) is 9.32. The van der Waals surface area contributed by atoms with Gasteiger partial charge in [-0.1, -0.05) is 78.1 Å². The van der Waals surface area contributed by atoms with Crippen molar-refractivity contribution >= 4 is 20.8 Å². The van der Waals surface area contributed by atoms with Gasteiger partial charge in [0.1, 0.15) is 0 Å². The maximum absolute atomic E-state index is 11.5. The lowest BCUT2D eigenvalue weighted by Crippen LogP contribution is -2.19. The van der Waals surface area contributed by atoms with Crippen molar-refractivity contribution in [1.29, 1.82) is 0 Å². The van der Waals surface area contributed by atoms with E-state index >= 15 is 0 Å². The second kappa shape index (κ2) is 14.9. The van der Waals surface area contributed by atoms with Crippen LogP contribution < -0.4 is 0 Å². The van der Waals surface area contributed by atoms with E-state index in [9.17, 15) is 16.8 Å². The Labute approximate surface area is 154 Å². The van der Waals surface area contributed by atoms with Crippen LogP contribution in [0.15, 0.2) is 0 Å². The van der Waals surface area contributed by atoms with Crippen LogP contribution in [0.4, 0.5) is 0 Å². The van der Waals surface area contributed by atoms with Gasteiger partial charge in [-0.05, 0) is 12.8 Å². The smallest absolute Gasteiger partial charge is 0.247 e. The van der Waals surface area contributed by atoms with Crippen LogP contribution in [-0.2, 0) is 32.8 Å². The van der Waals surface area contributed by atoms with Gasteiger partial charge in [0, 0.05) is 0 Å². The first kappa shape index (κ1) is 24.8. The predicted molar refractivity (Wildman–Crippen MR) is 97.6 cm³/mol. The van der Waals surface area contributed by atoms with Gasteiger partial charge < -0.3 is 0 Å². The molecule has 0 saturated carbocycles. The Morgan fingerprint density at radius 3 is 1.20 bits per heavy atom. The van der Waals surface area contributed by atoms with Crippen molar-refractivity contribution in [2.24, 2.45) is 0 Å². The second-order valence-electron chi connectivity index (χ2n) is 6.06. The molecule has 0 radical (unpaired) electrons. The van der Waals surface area contributed by atoms with E-state index in [1.54, 1.807) is 0 Å². The first-order chi connectivity index (χ1) is 11.8. The van der Waals surface area contributed by atoms with E-state index in [0.717, 1.165) is 64.2 Å². The minimum atomic E-state index is -4.60. The molecule has 0 N–H and O–H groups in total. The van der Waals surface area contributed by atoms with E-state index in [4.69, 9.17) is 0 Å². The molecule has 0 aromatic rings. The molecule has 9 heteroatoms. The standard InChI is InChI=1S/C16H34O7S2/c1-3-5-7-9-11-13-15-21-24(17,18)23-25(19,20)22-16-14-12-10-8-6-4-2/h3-16H2,1-2H3. The van der Waals surface area contributed by atoms with Crippen LogP contribution in [0, 0.1) is 0 Å². The summed E-state index contributed by atoms with van der Waals surface area (Å²) in [4.78, 5) is 0. The summed E-state index contributed by atoms with van der Waals surface area (Å²) in [5.74, 6) is 0. The van der Waals surface area contributed by atoms with E-state index in [1.807, 2.05) is 0 Å². The molecular formula is C16H34O7S2. The summed E-state index contributed by atoms with van der Waals surface area (Å²) in [6, 6.07) is 0. The average molecular weight is 403 g/mol. The molecule has 0 bridgehead atoms. The van der Waals surface area contributed by atoms with Gasteiger partial charge >= 0.3 is 20.8 Å². The van der Waals surface area contributed by atoms with Crippen molar-refractivity contribution in [1.82, 2.24) is 0 Å². The second-order valence-corrected chi connectivity index (χ2v) is 8.71. The molecule has 0 aliphatic carbocycles. The molecular weight excluding hydrogens is 368 g/mol. The number of hydrogen-bond acceptors (Lipinski definition) is 7. The minimum absolute atomic E-state index is 0.0958. The minimum Gasteiger partial charge on any atom is -0.247 e. The molecule has 0 spiro atoms. The van der Waals surface area contributed by atoms with Gasteiger partial charge in [0.2, 0.25) is 0 Å². The maximum Gasteiger partial charge on any atom is 0.416 e. The Balaban J connectivity index is 3.85. The van der Waals surface area contributed by atoms with Crippen LogP contribution >= 0.6 is 0 Å². The van der Waals surface area contributed by atoms with E-state index in [2.05, 4.69) is 25.8 Å². The Morgan fingerprint density at radius 1 is 0.520 bits per heavy atom.